The van der Waals surface area contributed by atoms with Crippen molar-refractivity contribution in [2.24, 2.45) is 0 Å². The van der Waals surface area contributed by atoms with Crippen molar-refractivity contribution < 1.29 is 8.83 Å². The predicted octanol–water partition coefficient (Wildman–Crippen LogP) is 17.8. The van der Waals surface area contributed by atoms with Gasteiger partial charge in [-0.1, -0.05) is 170 Å². The van der Waals surface area contributed by atoms with Gasteiger partial charge in [0.1, 0.15) is 16.7 Å². The molecule has 12 rings (SSSR count). The Bertz CT molecular complexity index is 3270. The maximum absolute atomic E-state index is 6.41. The van der Waals surface area contributed by atoms with Crippen LogP contribution in [0.3, 0.4) is 0 Å². The lowest BCUT2D eigenvalue weighted by Gasteiger charge is -2.21. The molecule has 3 N–H and O–H groups in total. The van der Waals surface area contributed by atoms with E-state index in [0.717, 1.165) is 49.3 Å². The van der Waals surface area contributed by atoms with Gasteiger partial charge in [0.25, 0.3) is 0 Å². The van der Waals surface area contributed by atoms with Crippen LogP contribution in [-0.4, -0.2) is 0 Å². The Morgan fingerprint density at radius 1 is 0.469 bits per heavy atom. The fourth-order valence-corrected chi connectivity index (χ4v) is 9.98. The first-order valence-corrected chi connectivity index (χ1v) is 23.3. The topological polar surface area (TPSA) is 64.3 Å². The van der Waals surface area contributed by atoms with Gasteiger partial charge in [-0.15, -0.1) is 0 Å². The second kappa shape index (κ2) is 17.5. The van der Waals surface area contributed by atoms with Crippen molar-refractivity contribution in [3.05, 3.63) is 197 Å². The zero-order valence-corrected chi connectivity index (χ0v) is 39.1. The molecule has 0 saturated heterocycles. The highest BCUT2D eigenvalue weighted by atomic mass is 79.9. The number of halogens is 1. The molecule has 64 heavy (non-hydrogen) atoms. The predicted molar refractivity (Wildman–Crippen MR) is 276 cm³/mol. The molecule has 0 saturated carbocycles. The zero-order chi connectivity index (χ0) is 44.6. The molecule has 0 unspecified atom stereocenters. The van der Waals surface area contributed by atoms with E-state index in [1.54, 1.807) is 0 Å². The summed E-state index contributed by atoms with van der Waals surface area (Å²) in [6, 6.07) is 58.8. The van der Waals surface area contributed by atoms with Crippen LogP contribution in [0.2, 0.25) is 0 Å². The molecule has 10 aromatic rings. The first kappa shape index (κ1) is 42.7. The molecule has 8 aromatic carbocycles. The Morgan fingerprint density at radius 2 is 0.938 bits per heavy atom. The number of hydrogen-bond acceptors (Lipinski definition) is 4. The molecule has 2 aliphatic carbocycles. The second-order valence-electron chi connectivity index (χ2n) is 17.9. The van der Waals surface area contributed by atoms with Crippen LogP contribution in [0, 0.1) is 0 Å². The van der Waals surface area contributed by atoms with Gasteiger partial charge < -0.3 is 19.9 Å². The number of unbranched alkanes of at least 4 members (excludes halogenated alkanes) is 2. The van der Waals surface area contributed by atoms with Gasteiger partial charge in [0.15, 0.2) is 5.58 Å². The van der Waals surface area contributed by atoms with Crippen molar-refractivity contribution >= 4 is 76.9 Å². The van der Waals surface area contributed by atoms with E-state index in [0.29, 0.717) is 0 Å². The highest BCUT2D eigenvalue weighted by molar-refractivity contribution is 9.10. The van der Waals surface area contributed by atoms with Crippen molar-refractivity contribution in [3.63, 3.8) is 0 Å². The number of rotatable bonds is 4. The second-order valence-corrected chi connectivity index (χ2v) is 18.7. The average Bonchev–Trinajstić information content (AvgIpc) is 4.00. The molecule has 0 bridgehead atoms. The van der Waals surface area contributed by atoms with Gasteiger partial charge in [-0.3, -0.25) is 0 Å². The van der Waals surface area contributed by atoms with Gasteiger partial charge in [-0.2, -0.15) is 0 Å². The third-order valence-corrected chi connectivity index (χ3v) is 13.5. The fourth-order valence-electron chi connectivity index (χ4n) is 9.53. The molecule has 0 amide bonds. The third-order valence-electron chi connectivity index (χ3n) is 12.9. The van der Waals surface area contributed by atoms with Gasteiger partial charge in [-0.05, 0) is 121 Å². The van der Waals surface area contributed by atoms with E-state index in [4.69, 9.17) is 14.6 Å². The smallest absolute Gasteiger partial charge is 0.158 e. The number of anilines is 3. The normalized spacial score (nSPS) is 13.4. The van der Waals surface area contributed by atoms with Gasteiger partial charge in [0.2, 0.25) is 0 Å². The van der Waals surface area contributed by atoms with Crippen LogP contribution < -0.4 is 11.1 Å². The molecule has 4 nitrogen and oxygen atoms in total. The van der Waals surface area contributed by atoms with Crippen LogP contribution in [0.4, 0.5) is 17.1 Å². The number of benzene rings is 8. The number of furan rings is 2. The highest BCUT2D eigenvalue weighted by Gasteiger charge is 2.37. The Balaban J connectivity index is 0.000000131. The summed E-state index contributed by atoms with van der Waals surface area (Å²) in [4.78, 5) is 0. The number of fused-ring (bicyclic) bond motifs is 12. The molecule has 2 aliphatic rings. The molecule has 2 aromatic heterocycles. The number of nitrogen functional groups attached to an aromatic ring is 1. The van der Waals surface area contributed by atoms with Crippen LogP contribution >= 0.6 is 15.9 Å². The lowest BCUT2D eigenvalue weighted by atomic mass is 9.82. The van der Waals surface area contributed by atoms with Crippen molar-refractivity contribution in [1.29, 1.82) is 0 Å². The summed E-state index contributed by atoms with van der Waals surface area (Å²) in [7, 11) is 0. The van der Waals surface area contributed by atoms with E-state index in [-0.39, 0.29) is 10.8 Å². The summed E-state index contributed by atoms with van der Waals surface area (Å²) in [5, 5.41) is 8.17. The van der Waals surface area contributed by atoms with E-state index in [1.807, 2.05) is 54.6 Å². The molecule has 0 aliphatic heterocycles. The summed E-state index contributed by atoms with van der Waals surface area (Å²) in [6.45, 7) is 13.6. The molecule has 5 heteroatoms. The maximum atomic E-state index is 6.41. The minimum Gasteiger partial charge on any atom is -0.455 e. The number of hydrogen-bond donors (Lipinski definition) is 2. The van der Waals surface area contributed by atoms with E-state index in [1.165, 1.54) is 79.9 Å². The van der Waals surface area contributed by atoms with Crippen molar-refractivity contribution in [1.82, 2.24) is 0 Å². The van der Waals surface area contributed by atoms with Crippen LogP contribution in [0.25, 0.3) is 66.1 Å². The van der Waals surface area contributed by atoms with Crippen LogP contribution in [0.1, 0.15) is 83.1 Å². The summed E-state index contributed by atoms with van der Waals surface area (Å²) < 4.78 is 13.6. The van der Waals surface area contributed by atoms with Crippen LogP contribution in [-0.2, 0) is 10.8 Å². The van der Waals surface area contributed by atoms with E-state index < -0.39 is 0 Å². The van der Waals surface area contributed by atoms with E-state index >= 15 is 0 Å². The molecule has 320 valence electrons. The van der Waals surface area contributed by atoms with Gasteiger partial charge in [0.05, 0.1) is 10.2 Å². The third kappa shape index (κ3) is 7.77. The van der Waals surface area contributed by atoms with Gasteiger partial charge in [0, 0.05) is 43.7 Å². The summed E-state index contributed by atoms with van der Waals surface area (Å²) in [5.74, 6) is 0. The largest absolute Gasteiger partial charge is 0.455 e. The zero-order valence-electron chi connectivity index (χ0n) is 37.6. The SMILES string of the molecule is CC1(C)c2ccccc2-c2cc3c(cc21)oc1c(Br)cccc13.CC1(C)c2ccccc2-c2cc3c(cc21)oc1c(Nc2ccccc2)cccc13.CCCCC.Nc1ccccc1. The molecule has 0 spiro atoms. The summed E-state index contributed by atoms with van der Waals surface area (Å²) in [5.41, 5.74) is 22.8. The average molecular weight is 904 g/mol. The quantitative estimate of drug-likeness (QED) is 0.173. The van der Waals surface area contributed by atoms with E-state index in [9.17, 15) is 0 Å². The minimum absolute atomic E-state index is 0.0102. The van der Waals surface area contributed by atoms with Crippen LogP contribution in [0.15, 0.2) is 183 Å². The summed E-state index contributed by atoms with van der Waals surface area (Å²) in [6.07, 6.45) is 4.08. The highest BCUT2D eigenvalue weighted by Crippen LogP contribution is 2.52. The monoisotopic (exact) mass is 902 g/mol. The van der Waals surface area contributed by atoms with Crippen molar-refractivity contribution in [2.75, 3.05) is 11.1 Å². The Labute approximate surface area is 385 Å². The lowest BCUT2D eigenvalue weighted by molar-refractivity contribution is 0.646. The molecule has 0 fully saturated rings. The number of para-hydroxylation sites is 4. The molecule has 2 heterocycles. The number of nitrogens with two attached hydrogens (primary N) is 1. The van der Waals surface area contributed by atoms with E-state index in [2.05, 4.69) is 178 Å². The fraction of sp³-hybridized carbons (Fsp3) is 0.186. The van der Waals surface area contributed by atoms with Gasteiger partial charge in [-0.25, -0.2) is 0 Å². The molecule has 0 atom stereocenters. The summed E-state index contributed by atoms with van der Waals surface area (Å²) >= 11 is 3.60. The molecular formula is C59H55BrN2O2. The van der Waals surface area contributed by atoms with Crippen molar-refractivity contribution in [3.8, 4) is 22.3 Å². The number of nitrogens with one attached hydrogen (secondary N) is 1. The first-order valence-electron chi connectivity index (χ1n) is 22.5. The van der Waals surface area contributed by atoms with Crippen LogP contribution in [0.5, 0.6) is 0 Å². The first-order chi connectivity index (χ1) is 31.0. The Morgan fingerprint density at radius 3 is 1.44 bits per heavy atom. The molecule has 0 radical (unpaired) electrons. The lowest BCUT2D eigenvalue weighted by Crippen LogP contribution is -2.14. The maximum Gasteiger partial charge on any atom is 0.158 e. The van der Waals surface area contributed by atoms with Gasteiger partial charge >= 0.3 is 0 Å². The van der Waals surface area contributed by atoms with Crippen molar-refractivity contribution in [2.45, 2.75) is 71.6 Å². The Kier molecular flexibility index (Phi) is 11.7. The minimum atomic E-state index is -0.0236. The Hall–Kier alpha value is -6.56. The standard InChI is InChI=1S/C27H21NO.C21H15BrO.C6H7N.C5H12/c1-27(2)22-13-7-6-11-18(22)20-15-21-19-12-8-14-24(28-17-9-4-3-5-10-17)26(19)29-25(21)16-23(20)27;1-21(2)16-8-4-3-6-12(16)14-10-15-13-7-5-9-18(22)20(13)23-19(15)11-17(14)21;7-6-4-2-1-3-5-6;1-3-5-4-2/h3-16,28H,1-2H3;3-11H,1-2H3;1-5H,7H2;3-5H2,1-2H3. The molecular weight excluding hydrogens is 849 g/mol.